The molecule has 1 atom stereocenters. The van der Waals surface area contributed by atoms with Gasteiger partial charge in [-0.1, -0.05) is 48.5 Å². The lowest BCUT2D eigenvalue weighted by molar-refractivity contribution is 0.667. The largest absolute Gasteiger partial charge is 0.354 e. The summed E-state index contributed by atoms with van der Waals surface area (Å²) in [5, 5.41) is 11.7. The van der Waals surface area contributed by atoms with E-state index in [2.05, 4.69) is 52.0 Å². The summed E-state index contributed by atoms with van der Waals surface area (Å²) in [5.41, 5.74) is 8.13. The van der Waals surface area contributed by atoms with Crippen LogP contribution in [0.4, 0.5) is 5.69 Å². The summed E-state index contributed by atoms with van der Waals surface area (Å²) in [5.74, 6) is 0. The zero-order valence-corrected chi connectivity index (χ0v) is 15.5. The number of rotatable bonds is 4. The van der Waals surface area contributed by atoms with Crippen molar-refractivity contribution in [3.8, 4) is 0 Å². The van der Waals surface area contributed by atoms with Crippen LogP contribution >= 0.6 is 12.2 Å². The van der Waals surface area contributed by atoms with Gasteiger partial charge in [0.25, 0.3) is 0 Å². The second kappa shape index (κ2) is 7.70. The minimum Gasteiger partial charge on any atom is -0.354 e. The summed E-state index contributed by atoms with van der Waals surface area (Å²) in [6.45, 7) is 0.444. The van der Waals surface area contributed by atoms with Crippen LogP contribution in [-0.4, -0.2) is 16.6 Å². The SMILES string of the molecule is NCC(NC(=S)Nc1ccc2cnccc2c1)c1cccc2ccccc12. The Kier molecular flexibility index (Phi) is 4.96. The minimum absolute atomic E-state index is 0.0687. The summed E-state index contributed by atoms with van der Waals surface area (Å²) in [6.07, 6.45) is 3.63. The average molecular weight is 372 g/mol. The molecular weight excluding hydrogens is 352 g/mol. The van der Waals surface area contributed by atoms with Gasteiger partial charge < -0.3 is 16.4 Å². The van der Waals surface area contributed by atoms with Gasteiger partial charge in [0, 0.05) is 30.0 Å². The highest BCUT2D eigenvalue weighted by Gasteiger charge is 2.14. The average Bonchev–Trinajstić information content (AvgIpc) is 2.71. The van der Waals surface area contributed by atoms with Crippen molar-refractivity contribution in [1.82, 2.24) is 10.3 Å². The van der Waals surface area contributed by atoms with Crippen molar-refractivity contribution in [3.63, 3.8) is 0 Å². The summed E-state index contributed by atoms with van der Waals surface area (Å²) >= 11 is 5.53. The Morgan fingerprint density at radius 1 is 0.963 bits per heavy atom. The Hall–Kier alpha value is -3.02. The van der Waals surface area contributed by atoms with E-state index in [4.69, 9.17) is 18.0 Å². The summed E-state index contributed by atoms with van der Waals surface area (Å²) in [6, 6.07) is 22.5. The summed E-state index contributed by atoms with van der Waals surface area (Å²) in [7, 11) is 0. The van der Waals surface area contributed by atoms with E-state index >= 15 is 0 Å². The predicted octanol–water partition coefficient (Wildman–Crippen LogP) is 4.37. The first kappa shape index (κ1) is 17.4. The first-order valence-electron chi connectivity index (χ1n) is 8.83. The van der Waals surface area contributed by atoms with E-state index in [1.807, 2.05) is 36.5 Å². The second-order valence-electron chi connectivity index (χ2n) is 6.39. The van der Waals surface area contributed by atoms with E-state index in [9.17, 15) is 0 Å². The molecule has 4 aromatic rings. The monoisotopic (exact) mass is 372 g/mol. The lowest BCUT2D eigenvalue weighted by Gasteiger charge is -2.21. The van der Waals surface area contributed by atoms with Gasteiger partial charge in [-0.15, -0.1) is 0 Å². The maximum atomic E-state index is 6.06. The number of hydrogen-bond donors (Lipinski definition) is 3. The molecule has 134 valence electrons. The Bertz CT molecular complexity index is 1100. The van der Waals surface area contributed by atoms with Crippen LogP contribution in [0.3, 0.4) is 0 Å². The summed E-state index contributed by atoms with van der Waals surface area (Å²) < 4.78 is 0. The Morgan fingerprint density at radius 3 is 2.70 bits per heavy atom. The number of anilines is 1. The number of thiocarbonyl (C=S) groups is 1. The molecule has 4 rings (SSSR count). The van der Waals surface area contributed by atoms with Gasteiger partial charge >= 0.3 is 0 Å². The maximum absolute atomic E-state index is 6.06. The van der Waals surface area contributed by atoms with Gasteiger partial charge in [0.05, 0.1) is 6.04 Å². The molecule has 0 fully saturated rings. The fourth-order valence-electron chi connectivity index (χ4n) is 3.30. The van der Waals surface area contributed by atoms with E-state index < -0.39 is 0 Å². The van der Waals surface area contributed by atoms with Crippen molar-refractivity contribution in [1.29, 1.82) is 0 Å². The molecule has 4 nitrogen and oxygen atoms in total. The minimum atomic E-state index is -0.0687. The highest BCUT2D eigenvalue weighted by Crippen LogP contribution is 2.24. The van der Waals surface area contributed by atoms with Gasteiger partial charge in [-0.25, -0.2) is 0 Å². The Labute approximate surface area is 163 Å². The normalized spacial score (nSPS) is 12.0. The van der Waals surface area contributed by atoms with Gasteiger partial charge in [-0.3, -0.25) is 4.98 Å². The molecule has 1 heterocycles. The molecule has 0 saturated carbocycles. The van der Waals surface area contributed by atoms with Crippen LogP contribution in [0.5, 0.6) is 0 Å². The van der Waals surface area contributed by atoms with Gasteiger partial charge in [0.15, 0.2) is 5.11 Å². The lowest BCUT2D eigenvalue weighted by atomic mass is 9.99. The van der Waals surface area contributed by atoms with Gasteiger partial charge in [-0.05, 0) is 52.1 Å². The van der Waals surface area contributed by atoms with Crippen LogP contribution in [0.25, 0.3) is 21.5 Å². The van der Waals surface area contributed by atoms with E-state index in [1.165, 1.54) is 10.8 Å². The summed E-state index contributed by atoms with van der Waals surface area (Å²) in [4.78, 5) is 4.14. The number of hydrogen-bond acceptors (Lipinski definition) is 3. The molecule has 0 spiro atoms. The molecule has 4 N–H and O–H groups in total. The topological polar surface area (TPSA) is 63.0 Å². The molecule has 0 radical (unpaired) electrons. The highest BCUT2D eigenvalue weighted by atomic mass is 32.1. The van der Waals surface area contributed by atoms with Crippen molar-refractivity contribution in [2.45, 2.75) is 6.04 Å². The number of aromatic nitrogens is 1. The predicted molar refractivity (Wildman–Crippen MR) is 117 cm³/mol. The van der Waals surface area contributed by atoms with Crippen molar-refractivity contribution in [2.75, 3.05) is 11.9 Å². The van der Waals surface area contributed by atoms with E-state index in [-0.39, 0.29) is 6.04 Å². The van der Waals surface area contributed by atoms with Gasteiger partial charge in [0.2, 0.25) is 0 Å². The van der Waals surface area contributed by atoms with Crippen molar-refractivity contribution in [2.24, 2.45) is 5.73 Å². The quantitative estimate of drug-likeness (QED) is 0.464. The molecule has 5 heteroatoms. The maximum Gasteiger partial charge on any atom is 0.171 e. The fraction of sp³-hybridized carbons (Fsp3) is 0.0909. The van der Waals surface area contributed by atoms with Crippen molar-refractivity contribution >= 4 is 44.6 Å². The smallest absolute Gasteiger partial charge is 0.171 e. The van der Waals surface area contributed by atoms with E-state index in [0.717, 1.165) is 22.0 Å². The molecule has 27 heavy (non-hydrogen) atoms. The van der Waals surface area contributed by atoms with E-state index in [1.54, 1.807) is 6.20 Å². The van der Waals surface area contributed by atoms with Crippen LogP contribution in [0.15, 0.2) is 79.1 Å². The van der Waals surface area contributed by atoms with Crippen molar-refractivity contribution < 1.29 is 0 Å². The molecular formula is C22H20N4S. The van der Waals surface area contributed by atoms with Crippen LogP contribution in [-0.2, 0) is 0 Å². The number of nitrogens with one attached hydrogen (secondary N) is 2. The second-order valence-corrected chi connectivity index (χ2v) is 6.80. The third kappa shape index (κ3) is 3.74. The third-order valence-electron chi connectivity index (χ3n) is 4.64. The molecule has 1 unspecified atom stereocenters. The number of benzene rings is 3. The Morgan fingerprint density at radius 2 is 1.81 bits per heavy atom. The number of pyridine rings is 1. The molecule has 0 bridgehead atoms. The molecule has 0 aliphatic carbocycles. The molecule has 0 amide bonds. The van der Waals surface area contributed by atoms with E-state index in [0.29, 0.717) is 11.7 Å². The number of nitrogens with zero attached hydrogens (tertiary/aromatic N) is 1. The fourth-order valence-corrected chi connectivity index (χ4v) is 3.56. The first-order valence-corrected chi connectivity index (χ1v) is 9.24. The zero-order valence-electron chi connectivity index (χ0n) is 14.7. The molecule has 0 aliphatic rings. The highest BCUT2D eigenvalue weighted by molar-refractivity contribution is 7.80. The Balaban J connectivity index is 1.54. The first-order chi connectivity index (χ1) is 13.2. The number of nitrogens with two attached hydrogens (primary N) is 1. The van der Waals surface area contributed by atoms with Gasteiger partial charge in [0.1, 0.15) is 0 Å². The van der Waals surface area contributed by atoms with Gasteiger partial charge in [-0.2, -0.15) is 0 Å². The molecule has 3 aromatic carbocycles. The van der Waals surface area contributed by atoms with Crippen LogP contribution in [0, 0.1) is 0 Å². The zero-order chi connectivity index (χ0) is 18.6. The van der Waals surface area contributed by atoms with Crippen LogP contribution in [0.1, 0.15) is 11.6 Å². The molecule has 0 aliphatic heterocycles. The molecule has 0 saturated heterocycles. The lowest BCUT2D eigenvalue weighted by Crippen LogP contribution is -2.36. The third-order valence-corrected chi connectivity index (χ3v) is 4.86. The standard InChI is InChI=1S/C22H20N4S/c23-13-21(20-7-3-5-15-4-1-2-6-19(15)20)26-22(27)25-18-9-8-17-14-24-11-10-16(17)12-18/h1-12,14,21H,13,23H2,(H2,25,26,27). The van der Waals surface area contributed by atoms with Crippen LogP contribution < -0.4 is 16.4 Å². The molecule has 1 aromatic heterocycles. The number of fused-ring (bicyclic) bond motifs is 2. The van der Waals surface area contributed by atoms with Crippen molar-refractivity contribution in [3.05, 3.63) is 84.7 Å². The van der Waals surface area contributed by atoms with Crippen LogP contribution in [0.2, 0.25) is 0 Å².